The van der Waals surface area contributed by atoms with Gasteiger partial charge in [0.2, 0.25) is 0 Å². The number of aromatic carboxylic acids is 2. The van der Waals surface area contributed by atoms with E-state index in [-0.39, 0.29) is 44.5 Å². The third kappa shape index (κ3) is 4.76. The number of carbonyl (C=O) groups is 8. The number of amides is 4. The highest BCUT2D eigenvalue weighted by molar-refractivity contribution is 6.30. The van der Waals surface area contributed by atoms with Crippen molar-refractivity contribution in [2.45, 2.75) is 6.42 Å². The van der Waals surface area contributed by atoms with Crippen LogP contribution < -0.4 is 10.6 Å². The molecule has 12 heteroatoms. The Hall–Kier alpha value is -6.56. The molecule has 220 valence electrons. The summed E-state index contributed by atoms with van der Waals surface area (Å²) in [5.74, 6) is -7.50. The van der Waals surface area contributed by atoms with E-state index < -0.39 is 58.3 Å². The Bertz CT molecular complexity index is 1930. The number of hydrogen-bond donors (Lipinski definition) is 4. The van der Waals surface area contributed by atoms with Gasteiger partial charge in [0.1, 0.15) is 0 Å². The smallest absolute Gasteiger partial charge is 0.336 e. The van der Waals surface area contributed by atoms with Gasteiger partial charge < -0.3 is 10.2 Å². The molecule has 12 nitrogen and oxygen atoms in total. The maximum Gasteiger partial charge on any atom is 0.336 e. The fraction of sp³-hybridized carbons (Fsp3) is 0.0303. The van der Waals surface area contributed by atoms with Crippen LogP contribution in [0.3, 0.4) is 0 Å². The predicted octanol–water partition coefficient (Wildman–Crippen LogP) is 2.90. The van der Waals surface area contributed by atoms with E-state index in [1.807, 2.05) is 0 Å². The lowest BCUT2D eigenvalue weighted by Crippen LogP contribution is -2.21. The van der Waals surface area contributed by atoms with E-state index in [1.54, 1.807) is 24.3 Å². The number of nitrogens with one attached hydrogen (secondary N) is 2. The van der Waals surface area contributed by atoms with Gasteiger partial charge in [-0.25, -0.2) is 9.59 Å². The summed E-state index contributed by atoms with van der Waals surface area (Å²) >= 11 is 0. The second-order valence-corrected chi connectivity index (χ2v) is 10.2. The van der Waals surface area contributed by atoms with Crippen molar-refractivity contribution in [1.29, 1.82) is 0 Å². The first-order chi connectivity index (χ1) is 21.5. The number of rotatable bonds is 8. The van der Waals surface area contributed by atoms with Gasteiger partial charge in [0, 0.05) is 11.1 Å². The van der Waals surface area contributed by atoms with Crippen LogP contribution in [0.5, 0.6) is 0 Å². The fourth-order valence-electron chi connectivity index (χ4n) is 5.42. The lowest BCUT2D eigenvalue weighted by Gasteiger charge is -2.11. The number of benzene rings is 4. The van der Waals surface area contributed by atoms with E-state index in [2.05, 4.69) is 10.6 Å². The minimum absolute atomic E-state index is 0.0838. The number of imide groups is 2. The lowest BCUT2D eigenvalue weighted by molar-refractivity contribution is 0.0683. The monoisotopic (exact) mass is 602 g/mol. The van der Waals surface area contributed by atoms with Gasteiger partial charge in [-0.15, -0.1) is 0 Å². The van der Waals surface area contributed by atoms with Crippen LogP contribution in [0.2, 0.25) is 0 Å². The molecule has 6 rings (SSSR count). The Labute approximate surface area is 252 Å². The first kappa shape index (κ1) is 28.6. The number of fused-ring (bicyclic) bond motifs is 2. The maximum absolute atomic E-state index is 13.4. The summed E-state index contributed by atoms with van der Waals surface area (Å²) < 4.78 is 0. The van der Waals surface area contributed by atoms with Gasteiger partial charge in [0.15, 0.2) is 11.6 Å². The van der Waals surface area contributed by atoms with Gasteiger partial charge >= 0.3 is 11.9 Å². The van der Waals surface area contributed by atoms with Crippen molar-refractivity contribution in [1.82, 2.24) is 10.6 Å². The minimum Gasteiger partial charge on any atom is -0.478 e. The molecule has 0 bridgehead atoms. The van der Waals surface area contributed by atoms with Crippen LogP contribution in [0, 0.1) is 0 Å². The average molecular weight is 603 g/mol. The zero-order valence-electron chi connectivity index (χ0n) is 22.8. The van der Waals surface area contributed by atoms with Crippen molar-refractivity contribution in [2.75, 3.05) is 0 Å². The molecule has 4 amide bonds. The number of hydrogen-bond acceptors (Lipinski definition) is 8. The van der Waals surface area contributed by atoms with Crippen molar-refractivity contribution in [2.24, 2.45) is 0 Å². The molecule has 0 spiro atoms. The SMILES string of the molecule is O=C(O)c1ccc2c(c1C(=O)c1ccc(Cc3ccc(C(=O)c4c(C(=O)O)ccc5c4C(=O)NC5=O)cc3)cc1)C(=O)NC2=O. The van der Waals surface area contributed by atoms with Crippen molar-refractivity contribution >= 4 is 47.1 Å². The van der Waals surface area contributed by atoms with Crippen molar-refractivity contribution in [3.8, 4) is 0 Å². The quantitative estimate of drug-likeness (QED) is 0.172. The standard InChI is InChI=1S/C33H18N2O10/c36-26(22-20(32(42)43)11-9-18-24(22)30(40)34-28(18)38)16-5-1-14(2-6-16)13-15-3-7-17(8-4-15)27(37)23-21(33(44)45)12-10-19-25(23)31(41)35-29(19)39/h1-12H,13H2,(H,42,43)(H,44,45)(H,34,38,40)(H,35,39,41). The van der Waals surface area contributed by atoms with Crippen molar-refractivity contribution < 1.29 is 48.6 Å². The molecule has 4 aromatic carbocycles. The van der Waals surface area contributed by atoms with E-state index in [0.29, 0.717) is 6.42 Å². The number of carbonyl (C=O) groups excluding carboxylic acids is 6. The summed E-state index contributed by atoms with van der Waals surface area (Å²) in [5, 5.41) is 23.4. The zero-order chi connectivity index (χ0) is 32.2. The molecular formula is C33H18N2O10. The molecule has 2 aliphatic heterocycles. The predicted molar refractivity (Wildman–Crippen MR) is 153 cm³/mol. The van der Waals surface area contributed by atoms with Gasteiger partial charge in [-0.05, 0) is 41.8 Å². The Kier molecular flexibility index (Phi) is 6.73. The molecule has 0 unspecified atom stereocenters. The number of ketones is 2. The summed E-state index contributed by atoms with van der Waals surface area (Å²) in [6.07, 6.45) is 0.346. The first-order valence-corrected chi connectivity index (χ1v) is 13.3. The lowest BCUT2D eigenvalue weighted by atomic mass is 9.90. The molecule has 0 aliphatic carbocycles. The van der Waals surface area contributed by atoms with E-state index in [4.69, 9.17) is 0 Å². The summed E-state index contributed by atoms with van der Waals surface area (Å²) in [6.45, 7) is 0. The Morgan fingerprint density at radius 2 is 0.844 bits per heavy atom. The highest BCUT2D eigenvalue weighted by Gasteiger charge is 2.36. The molecule has 4 aromatic rings. The largest absolute Gasteiger partial charge is 0.478 e. The molecule has 0 atom stereocenters. The summed E-state index contributed by atoms with van der Waals surface area (Å²) in [6, 6.07) is 17.0. The molecule has 4 N–H and O–H groups in total. The maximum atomic E-state index is 13.4. The van der Waals surface area contributed by atoms with Crippen LogP contribution in [0.1, 0.15) is 105 Å². The average Bonchev–Trinajstić information content (AvgIpc) is 3.48. The Balaban J connectivity index is 1.25. The summed E-state index contributed by atoms with van der Waals surface area (Å²) in [5.41, 5.74) is -0.668. The fourth-order valence-corrected chi connectivity index (χ4v) is 5.42. The Morgan fingerprint density at radius 3 is 1.18 bits per heavy atom. The van der Waals surface area contributed by atoms with E-state index >= 15 is 0 Å². The topological polar surface area (TPSA) is 201 Å². The van der Waals surface area contributed by atoms with Crippen LogP contribution in [-0.2, 0) is 6.42 Å². The second-order valence-electron chi connectivity index (χ2n) is 10.2. The van der Waals surface area contributed by atoms with Gasteiger partial charge in [0.05, 0.1) is 44.5 Å². The number of carboxylic acid groups (broad SMARTS) is 2. The van der Waals surface area contributed by atoms with Crippen LogP contribution in [-0.4, -0.2) is 57.3 Å². The third-order valence-electron chi connectivity index (χ3n) is 7.56. The second kappa shape index (κ2) is 10.6. The van der Waals surface area contributed by atoms with Gasteiger partial charge in [-0.2, -0.15) is 0 Å². The molecule has 2 heterocycles. The highest BCUT2D eigenvalue weighted by atomic mass is 16.4. The normalized spacial score (nSPS) is 13.2. The van der Waals surface area contributed by atoms with Gasteiger partial charge in [-0.3, -0.25) is 39.4 Å². The van der Waals surface area contributed by atoms with Gasteiger partial charge in [0.25, 0.3) is 23.6 Å². The minimum atomic E-state index is -1.43. The molecule has 0 radical (unpaired) electrons. The van der Waals surface area contributed by atoms with Crippen molar-refractivity contribution in [3.05, 3.63) is 140 Å². The summed E-state index contributed by atoms with van der Waals surface area (Å²) in [4.78, 5) is 99.3. The highest BCUT2D eigenvalue weighted by Crippen LogP contribution is 2.28. The zero-order valence-corrected chi connectivity index (χ0v) is 22.8. The Morgan fingerprint density at radius 1 is 0.489 bits per heavy atom. The molecule has 0 fully saturated rings. The van der Waals surface area contributed by atoms with E-state index in [9.17, 15) is 48.6 Å². The number of carboxylic acids is 2. The van der Waals surface area contributed by atoms with Crippen molar-refractivity contribution in [3.63, 3.8) is 0 Å². The molecule has 45 heavy (non-hydrogen) atoms. The van der Waals surface area contributed by atoms with Crippen LogP contribution >= 0.6 is 0 Å². The van der Waals surface area contributed by atoms with Crippen LogP contribution in [0.25, 0.3) is 0 Å². The first-order valence-electron chi connectivity index (χ1n) is 13.3. The molecule has 0 saturated carbocycles. The molecule has 0 saturated heterocycles. The van der Waals surface area contributed by atoms with E-state index in [1.165, 1.54) is 36.4 Å². The summed E-state index contributed by atoms with van der Waals surface area (Å²) in [7, 11) is 0. The van der Waals surface area contributed by atoms with Gasteiger partial charge in [-0.1, -0.05) is 48.5 Å². The van der Waals surface area contributed by atoms with E-state index in [0.717, 1.165) is 23.3 Å². The molecule has 0 aromatic heterocycles. The van der Waals surface area contributed by atoms with Crippen LogP contribution in [0.15, 0.2) is 72.8 Å². The molecular weight excluding hydrogens is 584 g/mol. The third-order valence-corrected chi connectivity index (χ3v) is 7.56. The van der Waals surface area contributed by atoms with Crippen LogP contribution in [0.4, 0.5) is 0 Å². The molecule has 2 aliphatic rings.